The highest BCUT2D eigenvalue weighted by Crippen LogP contribution is 2.56. The predicted molar refractivity (Wildman–Crippen MR) is 518 cm³/mol. The standard InChI is InChI=1S/C47H42FN5.C26H29BrN2.C21H13BrFN3.C12H24B2O4/c1-26-28(3)32(7)43-37(30(26)5)24-38-31(6)27(2)29(4)33(8)44(38)53(43)42-21-22-49-25-40(42)39-23-36(19-20-41(39)48)47-51-45(34-15-11-9-12-16-34)50-46(52-47)35-17-13-10-14-18-35;1-13-15(3)19(7)25-21(17(13)5)11-22-18(6)14(2)16(4)20(8)26(22)29(25)24-9-10-28-12-23(24)27;22-17-13-16(11-12-18(17)23)21-25-19(14-7-3-1-4-8-14)24-20(26-21)15-9-5-2-6-10-15;1-9(2)10(3,4)16-13(15-9)14-17-11(5,6)12(7,8)18-14/h9-23,25H,24H2,1-8H3;9-10,12H,11H2,1-8H3;1-13H;1-8H3. The van der Waals surface area contributed by atoms with E-state index in [9.17, 15) is 4.39 Å². The molecule has 2 saturated heterocycles. The second kappa shape index (κ2) is 35.3. The van der Waals surface area contributed by atoms with Gasteiger partial charge in [-0.2, -0.15) is 0 Å². The lowest BCUT2D eigenvalue weighted by Gasteiger charge is -2.40. The largest absolute Gasteiger partial charge is 0.488 e. The van der Waals surface area contributed by atoms with Gasteiger partial charge in [-0.1, -0.05) is 121 Å². The van der Waals surface area contributed by atoms with Gasteiger partial charge in [0.2, 0.25) is 0 Å². The van der Waals surface area contributed by atoms with Gasteiger partial charge >= 0.3 is 14.0 Å². The first-order chi connectivity index (χ1) is 59.8. The van der Waals surface area contributed by atoms with Crippen molar-refractivity contribution in [2.45, 2.75) is 201 Å². The molecule has 4 aliphatic rings. The third-order valence-electron chi connectivity index (χ3n) is 27.6. The number of benzene rings is 10. The fraction of sp³-hybridized carbons (Fsp3) is 0.283. The molecule has 4 aliphatic heterocycles. The van der Waals surface area contributed by atoms with Crippen molar-refractivity contribution in [2.24, 2.45) is 0 Å². The van der Waals surface area contributed by atoms with Crippen LogP contribution in [0.15, 0.2) is 204 Å². The minimum Gasteiger partial charge on any atom is -0.405 e. The van der Waals surface area contributed by atoms with Crippen LogP contribution in [0, 0.1) is 122 Å². The van der Waals surface area contributed by atoms with Gasteiger partial charge < -0.3 is 28.4 Å². The zero-order valence-electron chi connectivity index (χ0n) is 76.7. The quantitative estimate of drug-likeness (QED) is 0.120. The van der Waals surface area contributed by atoms with Crippen molar-refractivity contribution in [3.63, 3.8) is 0 Å². The Hall–Kier alpha value is -11.1. The van der Waals surface area contributed by atoms with Crippen LogP contribution in [-0.4, -0.2) is 76.3 Å². The van der Waals surface area contributed by atoms with E-state index >= 15 is 4.39 Å². The second-order valence-corrected chi connectivity index (χ2v) is 37.4. The zero-order chi connectivity index (χ0) is 90.2. The molecule has 14 nitrogen and oxygen atoms in total. The van der Waals surface area contributed by atoms with Gasteiger partial charge in [0.05, 0.1) is 65.5 Å². The van der Waals surface area contributed by atoms with Crippen molar-refractivity contribution in [3.05, 3.63) is 326 Å². The molecule has 0 bridgehead atoms. The maximum Gasteiger partial charge on any atom is 0.488 e. The topological polar surface area (TPSA) is 147 Å². The van der Waals surface area contributed by atoms with E-state index in [2.05, 4.69) is 183 Å². The summed E-state index contributed by atoms with van der Waals surface area (Å²) in [5, 5.41) is 0. The summed E-state index contributed by atoms with van der Waals surface area (Å²) in [4.78, 5) is 42.4. The van der Waals surface area contributed by atoms with Crippen molar-refractivity contribution in [1.82, 2.24) is 39.9 Å². The molecule has 2 fully saturated rings. The summed E-state index contributed by atoms with van der Waals surface area (Å²) in [6, 6.07) is 53.2. The molecule has 0 unspecified atom stereocenters. The monoisotopic (exact) mass is 1800 g/mol. The number of anilines is 6. The lowest BCUT2D eigenvalue weighted by atomic mass is 9.49. The van der Waals surface area contributed by atoms with Crippen molar-refractivity contribution < 1.29 is 27.4 Å². The molecule has 14 aromatic rings. The molecule has 126 heavy (non-hydrogen) atoms. The van der Waals surface area contributed by atoms with E-state index in [1.54, 1.807) is 24.4 Å². The third-order valence-corrected chi connectivity index (χ3v) is 28.8. The van der Waals surface area contributed by atoms with Crippen LogP contribution in [-0.2, 0) is 31.5 Å². The lowest BCUT2D eigenvalue weighted by Crippen LogP contribution is -2.41. The van der Waals surface area contributed by atoms with Gasteiger partial charge in [-0.05, 0) is 358 Å². The Balaban J connectivity index is 0.000000142. The van der Waals surface area contributed by atoms with Crippen molar-refractivity contribution in [1.29, 1.82) is 0 Å². The molecule has 8 heterocycles. The predicted octanol–water partition coefficient (Wildman–Crippen LogP) is 27.6. The maximum absolute atomic E-state index is 16.4. The van der Waals surface area contributed by atoms with E-state index in [0.717, 1.165) is 56.5 Å². The third kappa shape index (κ3) is 16.7. The van der Waals surface area contributed by atoms with E-state index in [1.807, 2.05) is 207 Å². The Labute approximate surface area is 759 Å². The van der Waals surface area contributed by atoms with E-state index in [-0.39, 0.29) is 34.0 Å². The summed E-state index contributed by atoms with van der Waals surface area (Å²) >= 11 is 7.01. The SMILES string of the molecule is CC1(C)OB(B2OC(C)(C)C(C)(C)O2)OC1(C)C.Cc1c(C)c(C)c2c(c1C)Cc1c(C)c(C)c(C)c(C)c1N2c1ccncc1-c1cc(-c2nc(-c3ccccc3)nc(-c3ccccc3)n2)ccc1F.Cc1c(C)c(C)c2c(c1C)Cc1c(C)c(C)c(C)c(C)c1N2c1ccncc1Br.Fc1ccc(-c2nc(-c3ccccc3)nc(-c3ccccc3)n2)cc1Br. The first-order valence-corrected chi connectivity index (χ1v) is 44.6. The van der Waals surface area contributed by atoms with Gasteiger partial charge in [-0.15, -0.1) is 0 Å². The van der Waals surface area contributed by atoms with Crippen LogP contribution in [0.3, 0.4) is 0 Å². The van der Waals surface area contributed by atoms with Crippen LogP contribution in [0.1, 0.15) is 167 Å². The number of hydrogen-bond donors (Lipinski definition) is 0. The van der Waals surface area contributed by atoms with Crippen molar-refractivity contribution in [2.75, 3.05) is 9.80 Å². The molecule has 4 aromatic heterocycles. The normalized spacial score (nSPS) is 14.8. The molecule has 0 saturated carbocycles. The molecule has 0 aliphatic carbocycles. The summed E-state index contributed by atoms with van der Waals surface area (Å²) in [6.07, 6.45) is 9.23. The summed E-state index contributed by atoms with van der Waals surface area (Å²) in [7, 11) is -0.952. The van der Waals surface area contributed by atoms with Crippen molar-refractivity contribution in [3.8, 4) is 79.5 Å². The summed E-state index contributed by atoms with van der Waals surface area (Å²) in [5.74, 6) is 2.56. The zero-order valence-corrected chi connectivity index (χ0v) is 79.8. The highest BCUT2D eigenvalue weighted by molar-refractivity contribution is 9.10. The van der Waals surface area contributed by atoms with Crippen LogP contribution in [0.4, 0.5) is 42.9 Å². The number of aromatic nitrogens is 8. The number of nitrogens with zero attached hydrogens (tertiary/aromatic N) is 10. The van der Waals surface area contributed by atoms with E-state index in [0.29, 0.717) is 56.1 Å². The summed E-state index contributed by atoms with van der Waals surface area (Å²) in [5.41, 5.74) is 38.6. The van der Waals surface area contributed by atoms with Gasteiger partial charge in [0.1, 0.15) is 11.6 Å². The van der Waals surface area contributed by atoms with E-state index in [4.69, 9.17) is 33.6 Å². The van der Waals surface area contributed by atoms with Gasteiger partial charge in [-0.25, -0.2) is 38.7 Å². The molecule has 0 spiro atoms. The summed E-state index contributed by atoms with van der Waals surface area (Å²) < 4.78 is 55.3. The van der Waals surface area contributed by atoms with Crippen LogP contribution < -0.4 is 9.80 Å². The average Bonchev–Trinajstić information content (AvgIpc) is 0.821. The van der Waals surface area contributed by atoms with E-state index < -0.39 is 14.0 Å². The Morgan fingerprint density at radius 3 is 0.865 bits per heavy atom. The van der Waals surface area contributed by atoms with Crippen LogP contribution in [0.2, 0.25) is 0 Å². The molecule has 0 atom stereocenters. The molecule has 0 N–H and O–H groups in total. The van der Waals surface area contributed by atoms with Gasteiger partial charge in [0.25, 0.3) is 0 Å². The fourth-order valence-electron chi connectivity index (χ4n) is 17.3. The number of pyridine rings is 2. The molecule has 0 radical (unpaired) electrons. The molecule has 640 valence electrons. The molecular formula is C106H108B2Br2F2N10O4. The van der Waals surface area contributed by atoms with E-state index in [1.165, 1.54) is 146 Å². The number of fused-ring (bicyclic) bond motifs is 4. The maximum atomic E-state index is 16.4. The van der Waals surface area contributed by atoms with Crippen LogP contribution in [0.5, 0.6) is 0 Å². The number of halogens is 4. The second-order valence-electron chi connectivity index (χ2n) is 35.7. The highest BCUT2D eigenvalue weighted by atomic mass is 79.9. The number of hydrogen-bond acceptors (Lipinski definition) is 14. The Morgan fingerprint density at radius 2 is 0.556 bits per heavy atom. The lowest BCUT2D eigenvalue weighted by molar-refractivity contribution is 0.00578. The Bertz CT molecular complexity index is 6280. The fourth-order valence-corrected chi connectivity index (χ4v) is 18.1. The first-order valence-electron chi connectivity index (χ1n) is 43.0. The summed E-state index contributed by atoms with van der Waals surface area (Å²) in [6.45, 7) is 52.2. The number of rotatable bonds is 10. The van der Waals surface area contributed by atoms with Crippen LogP contribution in [0.25, 0.3) is 79.5 Å². The van der Waals surface area contributed by atoms with Gasteiger partial charge in [-0.3, -0.25) is 9.97 Å². The van der Waals surface area contributed by atoms with Gasteiger partial charge in [0, 0.05) is 82.1 Å². The highest BCUT2D eigenvalue weighted by Gasteiger charge is 2.64. The van der Waals surface area contributed by atoms with Crippen LogP contribution >= 0.6 is 31.9 Å². The Morgan fingerprint density at radius 1 is 0.286 bits per heavy atom. The first kappa shape index (κ1) is 89.7. The molecule has 18 rings (SSSR count). The molecule has 10 aromatic carbocycles. The minimum atomic E-state index is -0.476. The smallest absolute Gasteiger partial charge is 0.405 e. The van der Waals surface area contributed by atoms with Gasteiger partial charge in [0.15, 0.2) is 34.9 Å². The minimum absolute atomic E-state index is 0.325. The Kier molecular flexibility index (Phi) is 25.1. The average molecular weight is 1810 g/mol. The molecule has 20 heteroatoms. The molecular weight excluding hydrogens is 1700 g/mol. The van der Waals surface area contributed by atoms with Crippen molar-refractivity contribution >= 4 is 80.0 Å². The molecule has 0 amide bonds.